The van der Waals surface area contributed by atoms with Crippen LogP contribution in [0, 0.1) is 0 Å². The minimum atomic E-state index is 0. The average Bonchev–Trinajstić information content (AvgIpc) is 2.05. The quantitative estimate of drug-likeness (QED) is 0.444. The summed E-state index contributed by atoms with van der Waals surface area (Å²) in [6.45, 7) is 0. The van der Waals surface area contributed by atoms with Crippen molar-refractivity contribution in [2.45, 2.75) is 6.42 Å². The van der Waals surface area contributed by atoms with Gasteiger partial charge in [-0.25, -0.2) is 0 Å². The van der Waals surface area contributed by atoms with Crippen LogP contribution in [-0.2, 0) is 6.42 Å². The number of allylic oxidation sites excluding steroid dienone is 1. The number of hydrogen-bond acceptors (Lipinski definition) is 1. The molecule has 0 amide bonds. The van der Waals surface area contributed by atoms with Crippen LogP contribution in [0.4, 0.5) is 0 Å². The summed E-state index contributed by atoms with van der Waals surface area (Å²) in [6, 6.07) is 8.08. The third kappa shape index (κ3) is 12.6. The third-order valence-corrected chi connectivity index (χ3v) is 1.60. The van der Waals surface area contributed by atoms with Gasteiger partial charge in [-0.15, -0.1) is 0 Å². The largest absolute Gasteiger partial charge is 0.465 e. The van der Waals surface area contributed by atoms with Gasteiger partial charge in [-0.3, -0.25) is 0 Å². The minimum absolute atomic E-state index is 0. The molecule has 1 aliphatic heterocycles. The SMILES string of the molecule is C1=COc2ccccc2C1.O.O.O.O.O.O.O.O.O. The fourth-order valence-electron chi connectivity index (χ4n) is 1.08. The molecular weight excluding hydrogens is 268 g/mol. The first-order chi connectivity index (χ1) is 4.97. The van der Waals surface area contributed by atoms with Gasteiger partial charge in [0.15, 0.2) is 0 Å². The van der Waals surface area contributed by atoms with Crippen LogP contribution in [0.1, 0.15) is 5.56 Å². The number of hydrogen-bond donors (Lipinski definition) is 0. The van der Waals surface area contributed by atoms with E-state index in [0.717, 1.165) is 12.2 Å². The number of rotatable bonds is 0. The molecule has 1 aromatic rings. The highest BCUT2D eigenvalue weighted by Gasteiger charge is 2.02. The van der Waals surface area contributed by atoms with Crippen LogP contribution in [0.5, 0.6) is 5.75 Å². The van der Waals surface area contributed by atoms with Crippen molar-refractivity contribution in [3.63, 3.8) is 0 Å². The summed E-state index contributed by atoms with van der Waals surface area (Å²) in [5.41, 5.74) is 1.27. The lowest BCUT2D eigenvalue weighted by Gasteiger charge is -2.09. The van der Waals surface area contributed by atoms with Crippen molar-refractivity contribution < 1.29 is 54.0 Å². The predicted molar refractivity (Wildman–Crippen MR) is 72.4 cm³/mol. The van der Waals surface area contributed by atoms with Crippen molar-refractivity contribution in [1.29, 1.82) is 0 Å². The van der Waals surface area contributed by atoms with Crippen LogP contribution in [0.15, 0.2) is 36.6 Å². The molecule has 0 bridgehead atoms. The van der Waals surface area contributed by atoms with Gasteiger partial charge in [-0.2, -0.15) is 0 Å². The Hall–Kier alpha value is -1.60. The standard InChI is InChI=1S/C9H8O.9H2O/c1-2-6-9-8(4-1)5-3-7-10-9;;;;;;;;;/h1-4,6-7H,5H2;9*1H2. The Morgan fingerprint density at radius 1 is 0.684 bits per heavy atom. The summed E-state index contributed by atoms with van der Waals surface area (Å²) in [4.78, 5) is 0. The first kappa shape index (κ1) is 53.0. The molecule has 0 saturated heterocycles. The fraction of sp³-hybridized carbons (Fsp3) is 0.111. The first-order valence-corrected chi connectivity index (χ1v) is 3.36. The minimum Gasteiger partial charge on any atom is -0.465 e. The molecule has 0 spiro atoms. The van der Waals surface area contributed by atoms with E-state index < -0.39 is 0 Å². The van der Waals surface area contributed by atoms with Gasteiger partial charge < -0.3 is 54.0 Å². The average molecular weight is 294 g/mol. The molecule has 0 unspecified atom stereocenters. The highest BCUT2D eigenvalue weighted by molar-refractivity contribution is 5.36. The number of para-hydroxylation sites is 1. The van der Waals surface area contributed by atoms with E-state index in [4.69, 9.17) is 4.74 Å². The zero-order valence-electron chi connectivity index (χ0n) is 10.1. The van der Waals surface area contributed by atoms with E-state index >= 15 is 0 Å². The zero-order valence-corrected chi connectivity index (χ0v) is 10.1. The summed E-state index contributed by atoms with van der Waals surface area (Å²) < 4.78 is 5.24. The van der Waals surface area contributed by atoms with Crippen LogP contribution >= 0.6 is 0 Å². The van der Waals surface area contributed by atoms with Gasteiger partial charge in [-0.1, -0.05) is 18.2 Å². The number of benzene rings is 1. The maximum absolute atomic E-state index is 5.24. The van der Waals surface area contributed by atoms with E-state index in [2.05, 4.69) is 6.07 Å². The number of fused-ring (bicyclic) bond motifs is 1. The Morgan fingerprint density at radius 2 is 1.16 bits per heavy atom. The second kappa shape index (κ2) is 25.3. The molecule has 1 heterocycles. The van der Waals surface area contributed by atoms with Crippen LogP contribution in [0.3, 0.4) is 0 Å². The lowest BCUT2D eigenvalue weighted by molar-refractivity contribution is 0.464. The monoisotopic (exact) mass is 294 g/mol. The van der Waals surface area contributed by atoms with Gasteiger partial charge in [0.2, 0.25) is 0 Å². The van der Waals surface area contributed by atoms with Gasteiger partial charge >= 0.3 is 0 Å². The molecule has 1 aliphatic rings. The highest BCUT2D eigenvalue weighted by Crippen LogP contribution is 2.21. The van der Waals surface area contributed by atoms with Crippen molar-refractivity contribution in [3.8, 4) is 5.75 Å². The molecule has 0 aliphatic carbocycles. The Morgan fingerprint density at radius 3 is 1.63 bits per heavy atom. The first-order valence-electron chi connectivity index (χ1n) is 3.36. The van der Waals surface area contributed by atoms with Crippen LogP contribution in [0.2, 0.25) is 0 Å². The molecular formula is C9H26O10. The van der Waals surface area contributed by atoms with Crippen molar-refractivity contribution in [3.05, 3.63) is 42.2 Å². The fourth-order valence-corrected chi connectivity index (χ4v) is 1.08. The Bertz CT molecular complexity index is 250. The summed E-state index contributed by atoms with van der Waals surface area (Å²) in [7, 11) is 0. The van der Waals surface area contributed by atoms with Crippen LogP contribution in [-0.4, -0.2) is 49.3 Å². The van der Waals surface area contributed by atoms with E-state index in [-0.39, 0.29) is 49.3 Å². The molecule has 0 radical (unpaired) electrons. The van der Waals surface area contributed by atoms with Crippen molar-refractivity contribution in [2.75, 3.05) is 0 Å². The van der Waals surface area contributed by atoms with Crippen molar-refractivity contribution >= 4 is 0 Å². The van der Waals surface area contributed by atoms with E-state index in [9.17, 15) is 0 Å². The van der Waals surface area contributed by atoms with E-state index in [1.165, 1.54) is 5.56 Å². The Kier molecular flexibility index (Phi) is 70.5. The molecule has 122 valence electrons. The predicted octanol–water partition coefficient (Wildman–Crippen LogP) is -5.29. The molecule has 2 rings (SSSR count). The Labute approximate surface area is 109 Å². The molecule has 10 nitrogen and oxygen atoms in total. The maximum Gasteiger partial charge on any atom is 0.130 e. The van der Waals surface area contributed by atoms with Crippen LogP contribution in [0.25, 0.3) is 0 Å². The summed E-state index contributed by atoms with van der Waals surface area (Å²) in [6.07, 6.45) is 4.75. The molecule has 19 heavy (non-hydrogen) atoms. The lowest BCUT2D eigenvalue weighted by Crippen LogP contribution is -1.94. The molecule has 1 aromatic carbocycles. The van der Waals surface area contributed by atoms with Crippen molar-refractivity contribution in [2.24, 2.45) is 0 Å². The zero-order chi connectivity index (χ0) is 6.81. The summed E-state index contributed by atoms with van der Waals surface area (Å²) in [5.74, 6) is 0.991. The molecule has 0 fully saturated rings. The summed E-state index contributed by atoms with van der Waals surface area (Å²) in [5, 5.41) is 0. The van der Waals surface area contributed by atoms with Gasteiger partial charge in [0.1, 0.15) is 5.75 Å². The van der Waals surface area contributed by atoms with Gasteiger partial charge in [-0.05, 0) is 24.1 Å². The summed E-state index contributed by atoms with van der Waals surface area (Å²) >= 11 is 0. The maximum atomic E-state index is 5.24. The molecule has 0 saturated carbocycles. The lowest BCUT2D eigenvalue weighted by atomic mass is 10.1. The van der Waals surface area contributed by atoms with Crippen LogP contribution < -0.4 is 4.74 Å². The van der Waals surface area contributed by atoms with Gasteiger partial charge in [0, 0.05) is 0 Å². The molecule has 10 heteroatoms. The van der Waals surface area contributed by atoms with E-state index in [1.54, 1.807) is 6.26 Å². The molecule has 0 aromatic heterocycles. The highest BCUT2D eigenvalue weighted by atomic mass is 16.5. The smallest absolute Gasteiger partial charge is 0.130 e. The molecule has 0 atom stereocenters. The second-order valence-corrected chi connectivity index (χ2v) is 2.30. The molecule has 18 N–H and O–H groups in total. The second-order valence-electron chi connectivity index (χ2n) is 2.30. The number of ether oxygens (including phenoxy) is 1. The van der Waals surface area contributed by atoms with E-state index in [1.807, 2.05) is 24.3 Å². The normalized spacial score (nSPS) is 7.37. The third-order valence-electron chi connectivity index (χ3n) is 1.60. The van der Waals surface area contributed by atoms with Crippen molar-refractivity contribution in [1.82, 2.24) is 0 Å². The van der Waals surface area contributed by atoms with Gasteiger partial charge in [0.05, 0.1) is 6.26 Å². The Balaban J connectivity index is -0.0000000224. The topological polar surface area (TPSA) is 293 Å². The van der Waals surface area contributed by atoms with E-state index in [0.29, 0.717) is 0 Å². The van der Waals surface area contributed by atoms with Gasteiger partial charge in [0.25, 0.3) is 0 Å².